The Labute approximate surface area is 240 Å². The maximum absolute atomic E-state index is 12.9. The molecule has 0 aliphatic carbocycles. The molecule has 0 heterocycles. The molecule has 41 heavy (non-hydrogen) atoms. The van der Waals surface area contributed by atoms with E-state index in [9.17, 15) is 9.59 Å². The van der Waals surface area contributed by atoms with E-state index >= 15 is 0 Å². The summed E-state index contributed by atoms with van der Waals surface area (Å²) >= 11 is 0. The van der Waals surface area contributed by atoms with Crippen LogP contribution in [0.1, 0.15) is 58.3 Å². The van der Waals surface area contributed by atoms with Gasteiger partial charge in [-0.3, -0.25) is 0 Å². The first-order valence-corrected chi connectivity index (χ1v) is 13.2. The predicted octanol–water partition coefficient (Wildman–Crippen LogP) is 6.79. The summed E-state index contributed by atoms with van der Waals surface area (Å²) in [5.41, 5.74) is 2.75. The molecule has 0 atom stereocenters. The van der Waals surface area contributed by atoms with Crippen molar-refractivity contribution in [3.8, 4) is 17.2 Å². The zero-order valence-electron chi connectivity index (χ0n) is 22.9. The Morgan fingerprint density at radius 2 is 1.34 bits per heavy atom. The van der Waals surface area contributed by atoms with E-state index in [1.165, 1.54) is 0 Å². The van der Waals surface area contributed by atoms with Gasteiger partial charge in [0.15, 0.2) is 0 Å². The summed E-state index contributed by atoms with van der Waals surface area (Å²) < 4.78 is 22.2. The van der Waals surface area contributed by atoms with E-state index in [1.54, 1.807) is 42.5 Å². The molecule has 8 nitrogen and oxygen atoms in total. The van der Waals surface area contributed by atoms with Crippen LogP contribution in [0.2, 0.25) is 0 Å². The highest BCUT2D eigenvalue weighted by Gasteiger charge is 2.16. The Morgan fingerprint density at radius 1 is 0.756 bits per heavy atom. The predicted molar refractivity (Wildman–Crippen MR) is 160 cm³/mol. The molecule has 0 spiro atoms. The summed E-state index contributed by atoms with van der Waals surface area (Å²) in [7, 11) is 0. The van der Waals surface area contributed by atoms with Crippen LogP contribution in [0, 0.1) is 10.8 Å². The van der Waals surface area contributed by atoms with Crippen LogP contribution in [-0.2, 0) is 16.1 Å². The third kappa shape index (κ3) is 9.61. The summed E-state index contributed by atoms with van der Waals surface area (Å²) in [6.07, 6.45) is 8.57. The topological polar surface area (TPSA) is 119 Å². The number of hydrogen-bond donors (Lipinski definition) is 2. The van der Waals surface area contributed by atoms with Gasteiger partial charge < -0.3 is 29.8 Å². The number of rotatable bonds is 17. The van der Waals surface area contributed by atoms with E-state index in [0.29, 0.717) is 41.4 Å². The summed E-state index contributed by atoms with van der Waals surface area (Å²) in [4.78, 5) is 23.9. The van der Waals surface area contributed by atoms with Crippen molar-refractivity contribution in [2.45, 2.75) is 32.3 Å². The smallest absolute Gasteiger partial charge is 0.343 e. The molecule has 212 valence electrons. The minimum Gasteiger partial charge on any atom is -0.494 e. The summed E-state index contributed by atoms with van der Waals surface area (Å²) in [6.45, 7) is 8.22. The number of esters is 2. The minimum atomic E-state index is -0.605. The second kappa shape index (κ2) is 16.2. The van der Waals surface area contributed by atoms with Crippen molar-refractivity contribution in [3.63, 3.8) is 0 Å². The molecule has 3 aromatic carbocycles. The monoisotopic (exact) mass is 554 g/mol. The molecule has 3 rings (SSSR count). The van der Waals surface area contributed by atoms with E-state index in [0.717, 1.165) is 55.3 Å². The van der Waals surface area contributed by atoms with Crippen LogP contribution in [-0.4, -0.2) is 37.6 Å². The third-order valence-electron chi connectivity index (χ3n) is 6.04. The molecule has 0 saturated carbocycles. The van der Waals surface area contributed by atoms with Gasteiger partial charge in [-0.1, -0.05) is 31.4 Å². The lowest BCUT2D eigenvalue weighted by Gasteiger charge is -2.14. The van der Waals surface area contributed by atoms with Crippen molar-refractivity contribution < 1.29 is 28.5 Å². The highest BCUT2D eigenvalue weighted by molar-refractivity contribution is 5.96. The Kier molecular flexibility index (Phi) is 12.1. The third-order valence-corrected chi connectivity index (χ3v) is 6.04. The molecule has 0 unspecified atom stereocenters. The summed E-state index contributed by atoms with van der Waals surface area (Å²) in [5, 5.41) is 15.7. The SMILES string of the molecule is C=CC(=O)OCCCCCCOc1ccc(C(=O)Oc2c(C=N)cc(COc3ccc(C=C)cc3)cc2C=N)cc1. The first kappa shape index (κ1) is 30.6. The Morgan fingerprint density at radius 3 is 1.93 bits per heavy atom. The van der Waals surface area contributed by atoms with Crippen LogP contribution in [0.3, 0.4) is 0 Å². The fourth-order valence-corrected chi connectivity index (χ4v) is 3.84. The molecule has 8 heteroatoms. The summed E-state index contributed by atoms with van der Waals surface area (Å²) in [6, 6.07) is 17.5. The molecule has 0 aliphatic rings. The number of benzene rings is 3. The molecular weight excluding hydrogens is 520 g/mol. The number of carbonyl (C=O) groups excluding carboxylic acids is 2. The van der Waals surface area contributed by atoms with Crippen molar-refractivity contribution in [2.24, 2.45) is 0 Å². The van der Waals surface area contributed by atoms with Gasteiger partial charge in [0.1, 0.15) is 23.9 Å². The van der Waals surface area contributed by atoms with Crippen molar-refractivity contribution in [1.82, 2.24) is 0 Å². The van der Waals surface area contributed by atoms with Crippen LogP contribution in [0.15, 0.2) is 79.9 Å². The van der Waals surface area contributed by atoms with E-state index < -0.39 is 11.9 Å². The molecule has 0 aromatic heterocycles. The van der Waals surface area contributed by atoms with Crippen LogP contribution in [0.25, 0.3) is 6.08 Å². The number of ether oxygens (including phenoxy) is 4. The highest BCUT2D eigenvalue weighted by atomic mass is 16.5. The standard InChI is InChI=1S/C33H34N2O6/c1-3-24-9-13-30(14-10-24)40-23-25-19-27(21-34)32(28(20-25)22-35)41-33(37)26-11-15-29(16-12-26)38-17-7-5-6-8-18-39-31(36)4-2/h3-4,9-16,19-22,34-35H,1-2,5-8,17-18,23H2. The second-order valence-electron chi connectivity index (χ2n) is 9.00. The maximum atomic E-state index is 12.9. The first-order valence-electron chi connectivity index (χ1n) is 13.2. The Balaban J connectivity index is 1.52. The molecule has 0 bridgehead atoms. The number of nitrogens with one attached hydrogen (secondary N) is 2. The zero-order valence-corrected chi connectivity index (χ0v) is 22.9. The van der Waals surface area contributed by atoms with Crippen LogP contribution < -0.4 is 14.2 Å². The molecular formula is C33H34N2O6. The molecule has 0 radical (unpaired) electrons. The fourth-order valence-electron chi connectivity index (χ4n) is 3.84. The normalized spacial score (nSPS) is 10.2. The maximum Gasteiger partial charge on any atom is 0.343 e. The van der Waals surface area contributed by atoms with Crippen LogP contribution in [0.4, 0.5) is 0 Å². The quantitative estimate of drug-likeness (QED) is 0.0623. The van der Waals surface area contributed by atoms with E-state index in [-0.39, 0.29) is 12.4 Å². The van der Waals surface area contributed by atoms with Crippen molar-refractivity contribution in [1.29, 1.82) is 10.8 Å². The van der Waals surface area contributed by atoms with E-state index in [4.69, 9.17) is 29.8 Å². The number of hydrogen-bond acceptors (Lipinski definition) is 8. The molecule has 0 fully saturated rings. The first-order chi connectivity index (χ1) is 20.0. The molecule has 3 aromatic rings. The van der Waals surface area contributed by atoms with E-state index in [1.807, 2.05) is 24.3 Å². The van der Waals surface area contributed by atoms with Gasteiger partial charge in [-0.25, -0.2) is 9.59 Å². The second-order valence-corrected chi connectivity index (χ2v) is 9.00. The van der Waals surface area contributed by atoms with Crippen LogP contribution in [0.5, 0.6) is 17.2 Å². The van der Waals surface area contributed by atoms with Crippen molar-refractivity contribution >= 4 is 30.4 Å². The Hall–Kier alpha value is -4.98. The van der Waals surface area contributed by atoms with Crippen molar-refractivity contribution in [3.05, 3.63) is 108 Å². The molecule has 0 aliphatic heterocycles. The largest absolute Gasteiger partial charge is 0.494 e. The summed E-state index contributed by atoms with van der Waals surface area (Å²) in [5.74, 6) is 0.432. The van der Waals surface area contributed by atoms with Gasteiger partial charge in [-0.15, -0.1) is 0 Å². The van der Waals surface area contributed by atoms with Crippen LogP contribution >= 0.6 is 0 Å². The Bertz CT molecular complexity index is 1330. The zero-order chi connectivity index (χ0) is 29.5. The number of unbranched alkanes of at least 4 members (excludes halogenated alkanes) is 3. The lowest BCUT2D eigenvalue weighted by atomic mass is 10.0. The molecule has 0 amide bonds. The fraction of sp³-hybridized carbons (Fsp3) is 0.212. The molecule has 0 saturated heterocycles. The van der Waals surface area contributed by atoms with Gasteiger partial charge in [0, 0.05) is 29.6 Å². The van der Waals surface area contributed by atoms with Gasteiger partial charge in [0.05, 0.1) is 18.8 Å². The van der Waals surface area contributed by atoms with Gasteiger partial charge in [-0.2, -0.15) is 0 Å². The average molecular weight is 555 g/mol. The average Bonchev–Trinajstić information content (AvgIpc) is 3.01. The van der Waals surface area contributed by atoms with Gasteiger partial charge in [0.2, 0.25) is 0 Å². The van der Waals surface area contributed by atoms with Crippen molar-refractivity contribution in [2.75, 3.05) is 13.2 Å². The minimum absolute atomic E-state index is 0.138. The van der Waals surface area contributed by atoms with Gasteiger partial charge in [0.25, 0.3) is 0 Å². The van der Waals surface area contributed by atoms with Gasteiger partial charge >= 0.3 is 11.9 Å². The highest BCUT2D eigenvalue weighted by Crippen LogP contribution is 2.26. The number of carbonyl (C=O) groups is 2. The lowest BCUT2D eigenvalue weighted by Crippen LogP contribution is -2.12. The van der Waals surface area contributed by atoms with Gasteiger partial charge in [-0.05, 0) is 85.3 Å². The lowest BCUT2D eigenvalue weighted by molar-refractivity contribution is -0.137. The molecule has 2 N–H and O–H groups in total. The van der Waals surface area contributed by atoms with E-state index in [2.05, 4.69) is 13.2 Å².